The Kier molecular flexibility index (Phi) is 2.45. The fourth-order valence-electron chi connectivity index (χ4n) is 1.86. The van der Waals surface area contributed by atoms with Crippen LogP contribution in [0.4, 0.5) is 0 Å². The zero-order valence-electron chi connectivity index (χ0n) is 8.27. The van der Waals surface area contributed by atoms with Gasteiger partial charge in [0.05, 0.1) is 5.25 Å². The van der Waals surface area contributed by atoms with E-state index in [0.29, 0.717) is 5.75 Å². The standard InChI is InChI=1S/C11H15NOS/c1-11(12)8-14(13)10(11)7-9-5-3-2-4-6-9/h2-6,10H,7-8,12H2,1H3/t10?,11-,14-/m0/s1. The Morgan fingerprint density at radius 3 is 2.64 bits per heavy atom. The second kappa shape index (κ2) is 3.48. The van der Waals surface area contributed by atoms with Gasteiger partial charge in [-0.05, 0) is 18.9 Å². The summed E-state index contributed by atoms with van der Waals surface area (Å²) in [5, 5.41) is 0.130. The zero-order chi connectivity index (χ0) is 10.2. The van der Waals surface area contributed by atoms with Gasteiger partial charge >= 0.3 is 0 Å². The molecule has 1 aliphatic heterocycles. The minimum absolute atomic E-state index is 0.130. The summed E-state index contributed by atoms with van der Waals surface area (Å²) in [5.41, 5.74) is 7.00. The highest BCUT2D eigenvalue weighted by Crippen LogP contribution is 2.29. The van der Waals surface area contributed by atoms with Crippen LogP contribution in [0.15, 0.2) is 30.3 Å². The quantitative estimate of drug-likeness (QED) is 0.792. The first-order valence-corrected chi connectivity index (χ1v) is 6.18. The van der Waals surface area contributed by atoms with Crippen LogP contribution in [-0.4, -0.2) is 20.8 Å². The molecule has 76 valence electrons. The summed E-state index contributed by atoms with van der Waals surface area (Å²) < 4.78 is 11.5. The third-order valence-electron chi connectivity index (χ3n) is 2.77. The van der Waals surface area contributed by atoms with Gasteiger partial charge in [0.15, 0.2) is 0 Å². The summed E-state index contributed by atoms with van der Waals surface area (Å²) in [6.07, 6.45) is 0.834. The molecule has 0 radical (unpaired) electrons. The van der Waals surface area contributed by atoms with Crippen LogP contribution >= 0.6 is 0 Å². The first-order valence-electron chi connectivity index (χ1n) is 4.79. The second-order valence-electron chi connectivity index (χ2n) is 4.21. The van der Waals surface area contributed by atoms with Crippen molar-refractivity contribution >= 4 is 10.8 Å². The molecular weight excluding hydrogens is 194 g/mol. The molecule has 2 nitrogen and oxygen atoms in total. The van der Waals surface area contributed by atoms with Gasteiger partial charge in [0, 0.05) is 22.1 Å². The van der Waals surface area contributed by atoms with Crippen LogP contribution in [0.5, 0.6) is 0 Å². The van der Waals surface area contributed by atoms with E-state index < -0.39 is 10.8 Å². The lowest BCUT2D eigenvalue weighted by Gasteiger charge is -2.43. The van der Waals surface area contributed by atoms with E-state index in [-0.39, 0.29) is 10.8 Å². The normalized spacial score (nSPS) is 36.4. The van der Waals surface area contributed by atoms with Crippen molar-refractivity contribution in [2.24, 2.45) is 5.73 Å². The Hall–Kier alpha value is -0.670. The van der Waals surface area contributed by atoms with Crippen LogP contribution in [0.25, 0.3) is 0 Å². The maximum atomic E-state index is 11.5. The molecule has 0 bridgehead atoms. The van der Waals surface area contributed by atoms with Gasteiger partial charge in [-0.1, -0.05) is 30.3 Å². The van der Waals surface area contributed by atoms with Gasteiger partial charge in [-0.3, -0.25) is 4.21 Å². The molecule has 1 saturated heterocycles. The first kappa shape index (κ1) is 9.87. The highest BCUT2D eigenvalue weighted by Gasteiger charge is 2.45. The molecule has 3 heteroatoms. The molecule has 2 rings (SSSR count). The molecule has 2 N–H and O–H groups in total. The number of hydrogen-bond acceptors (Lipinski definition) is 2. The smallest absolute Gasteiger partial charge is 0.0574 e. The van der Waals surface area contributed by atoms with Gasteiger partial charge in [-0.25, -0.2) is 0 Å². The van der Waals surface area contributed by atoms with Crippen molar-refractivity contribution in [3.8, 4) is 0 Å². The van der Waals surface area contributed by atoms with Crippen LogP contribution < -0.4 is 5.73 Å². The summed E-state index contributed by atoms with van der Waals surface area (Å²) in [7, 11) is -0.725. The van der Waals surface area contributed by atoms with E-state index in [9.17, 15) is 4.21 Å². The average Bonchev–Trinajstić information content (AvgIpc) is 2.15. The minimum Gasteiger partial charge on any atom is -0.324 e. The van der Waals surface area contributed by atoms with Crippen LogP contribution in [0.2, 0.25) is 0 Å². The van der Waals surface area contributed by atoms with E-state index >= 15 is 0 Å². The molecular formula is C11H15NOS. The number of nitrogens with two attached hydrogens (primary N) is 1. The van der Waals surface area contributed by atoms with Crippen molar-refractivity contribution in [3.05, 3.63) is 35.9 Å². The minimum atomic E-state index is -0.725. The zero-order valence-corrected chi connectivity index (χ0v) is 9.09. The Morgan fingerprint density at radius 1 is 1.50 bits per heavy atom. The SMILES string of the molecule is C[C@]1(N)C[S@](=O)C1Cc1ccccc1. The number of hydrogen-bond donors (Lipinski definition) is 1. The fraction of sp³-hybridized carbons (Fsp3) is 0.455. The number of benzene rings is 1. The van der Waals surface area contributed by atoms with Gasteiger partial charge in [-0.15, -0.1) is 0 Å². The average molecular weight is 209 g/mol. The lowest BCUT2D eigenvalue weighted by Crippen LogP contribution is -2.65. The molecule has 1 heterocycles. The van der Waals surface area contributed by atoms with Crippen LogP contribution in [0.1, 0.15) is 12.5 Å². The highest BCUT2D eigenvalue weighted by atomic mass is 32.2. The Morgan fingerprint density at radius 2 is 2.14 bits per heavy atom. The van der Waals surface area contributed by atoms with E-state index in [1.807, 2.05) is 25.1 Å². The molecule has 3 atom stereocenters. The molecule has 1 aromatic carbocycles. The van der Waals surface area contributed by atoms with E-state index in [1.54, 1.807) is 0 Å². The third-order valence-corrected chi connectivity index (χ3v) is 5.02. The molecule has 0 aromatic heterocycles. The molecule has 1 fully saturated rings. The summed E-state index contributed by atoms with van der Waals surface area (Å²) >= 11 is 0. The fourth-order valence-corrected chi connectivity index (χ4v) is 3.64. The van der Waals surface area contributed by atoms with Crippen LogP contribution in [-0.2, 0) is 17.2 Å². The Labute approximate surface area is 87.0 Å². The van der Waals surface area contributed by atoms with E-state index in [0.717, 1.165) is 6.42 Å². The third kappa shape index (κ3) is 1.74. The van der Waals surface area contributed by atoms with E-state index in [1.165, 1.54) is 5.56 Å². The monoisotopic (exact) mass is 209 g/mol. The molecule has 1 unspecified atom stereocenters. The van der Waals surface area contributed by atoms with Crippen molar-refractivity contribution in [2.75, 3.05) is 5.75 Å². The summed E-state index contributed by atoms with van der Waals surface area (Å²) in [4.78, 5) is 0. The van der Waals surface area contributed by atoms with Crippen molar-refractivity contribution in [1.29, 1.82) is 0 Å². The molecule has 1 aliphatic rings. The van der Waals surface area contributed by atoms with E-state index in [4.69, 9.17) is 5.73 Å². The maximum absolute atomic E-state index is 11.5. The predicted octanol–water partition coefficient (Wildman–Crippen LogP) is 1.08. The lowest BCUT2D eigenvalue weighted by molar-refractivity contribution is 0.440. The lowest BCUT2D eigenvalue weighted by atomic mass is 9.94. The molecule has 0 amide bonds. The van der Waals surface area contributed by atoms with Crippen molar-refractivity contribution in [3.63, 3.8) is 0 Å². The Balaban J connectivity index is 2.09. The van der Waals surface area contributed by atoms with Crippen molar-refractivity contribution in [2.45, 2.75) is 24.1 Å². The van der Waals surface area contributed by atoms with Gasteiger partial charge in [0.1, 0.15) is 0 Å². The largest absolute Gasteiger partial charge is 0.324 e. The van der Waals surface area contributed by atoms with Gasteiger partial charge in [0.25, 0.3) is 0 Å². The van der Waals surface area contributed by atoms with Crippen molar-refractivity contribution < 1.29 is 4.21 Å². The van der Waals surface area contributed by atoms with Gasteiger partial charge in [-0.2, -0.15) is 0 Å². The van der Waals surface area contributed by atoms with Crippen LogP contribution in [0, 0.1) is 0 Å². The highest BCUT2D eigenvalue weighted by molar-refractivity contribution is 7.87. The molecule has 1 aromatic rings. The summed E-state index contributed by atoms with van der Waals surface area (Å²) in [6.45, 7) is 1.99. The van der Waals surface area contributed by atoms with Gasteiger partial charge < -0.3 is 5.73 Å². The maximum Gasteiger partial charge on any atom is 0.0574 e. The summed E-state index contributed by atoms with van der Waals surface area (Å²) in [6, 6.07) is 10.1. The second-order valence-corrected chi connectivity index (χ2v) is 5.83. The van der Waals surface area contributed by atoms with Gasteiger partial charge in [0.2, 0.25) is 0 Å². The van der Waals surface area contributed by atoms with E-state index in [2.05, 4.69) is 12.1 Å². The summed E-state index contributed by atoms with van der Waals surface area (Å²) in [5.74, 6) is 0.643. The topological polar surface area (TPSA) is 43.1 Å². The van der Waals surface area contributed by atoms with Crippen LogP contribution in [0.3, 0.4) is 0 Å². The van der Waals surface area contributed by atoms with Crippen molar-refractivity contribution in [1.82, 2.24) is 0 Å². The molecule has 0 spiro atoms. The molecule has 14 heavy (non-hydrogen) atoms. The predicted molar refractivity (Wildman–Crippen MR) is 59.5 cm³/mol. The molecule has 0 aliphatic carbocycles. The first-order chi connectivity index (χ1) is 6.59. The molecule has 0 saturated carbocycles. The Bertz CT molecular complexity index is 348. The number of rotatable bonds is 2.